The van der Waals surface area contributed by atoms with Crippen LogP contribution in [0, 0.1) is 10.1 Å². The fourth-order valence-electron chi connectivity index (χ4n) is 1.84. The van der Waals surface area contributed by atoms with E-state index in [4.69, 9.17) is 4.74 Å². The van der Waals surface area contributed by atoms with Crippen molar-refractivity contribution in [3.63, 3.8) is 0 Å². The molecule has 0 aliphatic rings. The van der Waals surface area contributed by atoms with E-state index in [1.807, 2.05) is 6.92 Å². The molecule has 110 valence electrons. The van der Waals surface area contributed by atoms with Gasteiger partial charge in [-0.3, -0.25) is 10.1 Å². The fraction of sp³-hybridized carbons (Fsp3) is 0.231. The molecule has 21 heavy (non-hydrogen) atoms. The van der Waals surface area contributed by atoms with Crippen LogP contribution in [0.15, 0.2) is 29.0 Å². The van der Waals surface area contributed by atoms with Crippen molar-refractivity contribution in [1.82, 2.24) is 9.97 Å². The second-order valence-corrected chi connectivity index (χ2v) is 4.85. The highest BCUT2D eigenvalue weighted by Crippen LogP contribution is 2.37. The molecule has 0 unspecified atom stereocenters. The summed E-state index contributed by atoms with van der Waals surface area (Å²) in [5.74, 6) is 1.38. The van der Waals surface area contributed by atoms with Crippen LogP contribution in [0.25, 0.3) is 0 Å². The topological polar surface area (TPSA) is 90.2 Å². The van der Waals surface area contributed by atoms with Crippen molar-refractivity contribution < 1.29 is 9.66 Å². The number of halogens is 1. The van der Waals surface area contributed by atoms with Crippen LogP contribution < -0.4 is 10.1 Å². The number of hydrogen-bond acceptors (Lipinski definition) is 6. The summed E-state index contributed by atoms with van der Waals surface area (Å²) in [5, 5.41) is 13.9. The lowest BCUT2D eigenvalue weighted by Crippen LogP contribution is -2.02. The predicted molar refractivity (Wildman–Crippen MR) is 81.8 cm³/mol. The molecule has 0 fully saturated rings. The normalized spacial score (nSPS) is 10.2. The van der Waals surface area contributed by atoms with Crippen molar-refractivity contribution in [2.75, 3.05) is 12.4 Å². The van der Waals surface area contributed by atoms with Crippen LogP contribution in [-0.4, -0.2) is 21.9 Å². The van der Waals surface area contributed by atoms with E-state index in [-0.39, 0.29) is 10.2 Å². The number of benzene rings is 1. The number of anilines is 1. The zero-order chi connectivity index (χ0) is 15.4. The van der Waals surface area contributed by atoms with Crippen LogP contribution in [0.5, 0.6) is 11.6 Å². The summed E-state index contributed by atoms with van der Waals surface area (Å²) >= 11 is 3.20. The van der Waals surface area contributed by atoms with Crippen LogP contribution in [-0.2, 0) is 6.42 Å². The molecule has 0 radical (unpaired) electrons. The Morgan fingerprint density at radius 1 is 1.43 bits per heavy atom. The van der Waals surface area contributed by atoms with Crippen LogP contribution in [0.1, 0.15) is 12.5 Å². The van der Waals surface area contributed by atoms with Gasteiger partial charge in [0.1, 0.15) is 16.6 Å². The highest BCUT2D eigenvalue weighted by molar-refractivity contribution is 9.10. The molecule has 1 heterocycles. The molecule has 2 rings (SSSR count). The SMILES string of the molecule is CCc1c(NC)ncnc1Oc1cccc([N+](=O)[O-])c1Br. The summed E-state index contributed by atoms with van der Waals surface area (Å²) in [4.78, 5) is 18.7. The van der Waals surface area contributed by atoms with Gasteiger partial charge in [0.25, 0.3) is 5.69 Å². The second kappa shape index (κ2) is 6.49. The van der Waals surface area contributed by atoms with E-state index in [9.17, 15) is 10.1 Å². The quantitative estimate of drug-likeness (QED) is 0.653. The van der Waals surface area contributed by atoms with Crippen LogP contribution in [0.2, 0.25) is 0 Å². The van der Waals surface area contributed by atoms with Crippen LogP contribution in [0.3, 0.4) is 0 Å². The Morgan fingerprint density at radius 2 is 2.19 bits per heavy atom. The number of nitro groups is 1. The van der Waals surface area contributed by atoms with E-state index in [1.165, 1.54) is 12.4 Å². The molecular weight excluding hydrogens is 340 g/mol. The van der Waals surface area contributed by atoms with E-state index in [0.29, 0.717) is 23.9 Å². The molecule has 1 N–H and O–H groups in total. The molecule has 0 saturated carbocycles. The number of hydrogen-bond donors (Lipinski definition) is 1. The van der Waals surface area contributed by atoms with Gasteiger partial charge in [-0.1, -0.05) is 13.0 Å². The second-order valence-electron chi connectivity index (χ2n) is 4.06. The summed E-state index contributed by atoms with van der Waals surface area (Å²) in [5.41, 5.74) is 0.742. The third-order valence-electron chi connectivity index (χ3n) is 2.84. The maximum Gasteiger partial charge on any atom is 0.287 e. The Balaban J connectivity index is 2.44. The zero-order valence-corrected chi connectivity index (χ0v) is 13.0. The smallest absolute Gasteiger partial charge is 0.287 e. The zero-order valence-electron chi connectivity index (χ0n) is 11.5. The molecule has 0 aliphatic heterocycles. The molecule has 0 amide bonds. The minimum absolute atomic E-state index is 0.0616. The van der Waals surface area contributed by atoms with Gasteiger partial charge in [0.2, 0.25) is 5.88 Å². The first-order valence-corrected chi connectivity index (χ1v) is 7.00. The third kappa shape index (κ3) is 3.10. The van der Waals surface area contributed by atoms with E-state index in [1.54, 1.807) is 19.2 Å². The molecule has 2 aromatic rings. The molecule has 8 heteroatoms. The average Bonchev–Trinajstić information content (AvgIpc) is 2.48. The average molecular weight is 353 g/mol. The van der Waals surface area contributed by atoms with E-state index < -0.39 is 4.92 Å². The third-order valence-corrected chi connectivity index (χ3v) is 3.64. The van der Waals surface area contributed by atoms with Gasteiger partial charge in [-0.25, -0.2) is 9.97 Å². The van der Waals surface area contributed by atoms with Crippen molar-refractivity contribution in [2.45, 2.75) is 13.3 Å². The van der Waals surface area contributed by atoms with Crippen LogP contribution in [0.4, 0.5) is 11.5 Å². The van der Waals surface area contributed by atoms with Gasteiger partial charge in [0.15, 0.2) is 5.75 Å². The molecule has 0 atom stereocenters. The van der Waals surface area contributed by atoms with Gasteiger partial charge in [-0.05, 0) is 28.4 Å². The molecule has 0 saturated heterocycles. The van der Waals surface area contributed by atoms with E-state index >= 15 is 0 Å². The number of nitro benzene ring substituents is 1. The Morgan fingerprint density at radius 3 is 2.81 bits per heavy atom. The maximum absolute atomic E-state index is 10.9. The highest BCUT2D eigenvalue weighted by Gasteiger charge is 2.18. The standard InChI is InChI=1S/C13H13BrN4O3/c1-3-8-12(15-2)16-7-17-13(8)21-10-6-4-5-9(11(10)14)18(19)20/h4-7H,3H2,1-2H3,(H,15,16,17). The van der Waals surface area contributed by atoms with Gasteiger partial charge >= 0.3 is 0 Å². The maximum atomic E-state index is 10.9. The number of nitrogens with zero attached hydrogens (tertiary/aromatic N) is 3. The van der Waals surface area contributed by atoms with Gasteiger partial charge in [0.05, 0.1) is 10.5 Å². The van der Waals surface area contributed by atoms with Crippen molar-refractivity contribution in [2.24, 2.45) is 0 Å². The molecule has 0 spiro atoms. The van der Waals surface area contributed by atoms with Gasteiger partial charge in [-0.15, -0.1) is 0 Å². The first kappa shape index (κ1) is 15.2. The van der Waals surface area contributed by atoms with Gasteiger partial charge in [0, 0.05) is 13.1 Å². The largest absolute Gasteiger partial charge is 0.437 e. The summed E-state index contributed by atoms with van der Waals surface area (Å²) in [6, 6.07) is 4.60. The Labute approximate surface area is 129 Å². The molecule has 1 aromatic heterocycles. The summed E-state index contributed by atoms with van der Waals surface area (Å²) < 4.78 is 6.00. The summed E-state index contributed by atoms with van der Waals surface area (Å²) in [6.45, 7) is 1.95. The Bertz CT molecular complexity index is 678. The lowest BCUT2D eigenvalue weighted by Gasteiger charge is -2.12. The number of rotatable bonds is 5. The summed E-state index contributed by atoms with van der Waals surface area (Å²) in [7, 11) is 1.76. The molecule has 1 aromatic carbocycles. The molecular formula is C13H13BrN4O3. The van der Waals surface area contributed by atoms with E-state index in [0.717, 1.165) is 5.56 Å². The van der Waals surface area contributed by atoms with Crippen molar-refractivity contribution >= 4 is 27.4 Å². The molecule has 7 nitrogen and oxygen atoms in total. The van der Waals surface area contributed by atoms with Crippen LogP contribution >= 0.6 is 15.9 Å². The highest BCUT2D eigenvalue weighted by atomic mass is 79.9. The van der Waals surface area contributed by atoms with Crippen molar-refractivity contribution in [1.29, 1.82) is 0 Å². The molecule has 0 aliphatic carbocycles. The molecule has 0 bridgehead atoms. The minimum Gasteiger partial charge on any atom is -0.437 e. The van der Waals surface area contributed by atoms with Gasteiger partial charge < -0.3 is 10.1 Å². The number of nitrogens with one attached hydrogen (secondary N) is 1. The fourth-order valence-corrected chi connectivity index (χ4v) is 2.33. The predicted octanol–water partition coefficient (Wildman–Crippen LogP) is 3.54. The monoisotopic (exact) mass is 352 g/mol. The number of ether oxygens (including phenoxy) is 1. The first-order chi connectivity index (χ1) is 10.1. The lowest BCUT2D eigenvalue weighted by molar-refractivity contribution is -0.385. The van der Waals surface area contributed by atoms with Crippen molar-refractivity contribution in [3.05, 3.63) is 44.7 Å². The first-order valence-electron chi connectivity index (χ1n) is 6.20. The Kier molecular flexibility index (Phi) is 4.69. The van der Waals surface area contributed by atoms with Crippen molar-refractivity contribution in [3.8, 4) is 11.6 Å². The van der Waals surface area contributed by atoms with E-state index in [2.05, 4.69) is 31.2 Å². The number of aromatic nitrogens is 2. The lowest BCUT2D eigenvalue weighted by atomic mass is 10.2. The summed E-state index contributed by atoms with van der Waals surface area (Å²) in [6.07, 6.45) is 2.05. The minimum atomic E-state index is -0.476. The van der Waals surface area contributed by atoms with Gasteiger partial charge in [-0.2, -0.15) is 0 Å². The Hall–Kier alpha value is -2.22.